The number of aliphatic hydroxyl groups excluding tert-OH is 1. The third-order valence-electron chi connectivity index (χ3n) is 3.25. The third kappa shape index (κ3) is 3.43. The fraction of sp³-hybridized carbons (Fsp3) is 0.909. The summed E-state index contributed by atoms with van der Waals surface area (Å²) in [5.41, 5.74) is 0. The van der Waals surface area contributed by atoms with Crippen molar-refractivity contribution in [1.82, 2.24) is 4.90 Å². The number of carboxylic acid groups (broad SMARTS) is 1. The normalized spacial score (nSPS) is 26.4. The topological polar surface area (TPSA) is 94.9 Å². The number of rotatable bonds is 4. The lowest BCUT2D eigenvalue weighted by Gasteiger charge is -2.24. The highest BCUT2D eigenvalue weighted by molar-refractivity contribution is 7.92. The average Bonchev–Trinajstić information content (AvgIpc) is 2.55. The summed E-state index contributed by atoms with van der Waals surface area (Å²) in [6.45, 7) is 5.23. The molecule has 2 atom stereocenters. The van der Waals surface area contributed by atoms with Gasteiger partial charge in [-0.15, -0.1) is 0 Å². The van der Waals surface area contributed by atoms with Gasteiger partial charge < -0.3 is 10.2 Å². The predicted octanol–water partition coefficient (Wildman–Crippen LogP) is -0.280. The van der Waals surface area contributed by atoms with Crippen LogP contribution in [0.5, 0.6) is 0 Å². The molecular formula is C11H21NO5S. The van der Waals surface area contributed by atoms with E-state index in [1.54, 1.807) is 20.8 Å². The molecule has 0 aromatic rings. The van der Waals surface area contributed by atoms with Crippen LogP contribution in [-0.4, -0.2) is 65.2 Å². The smallest absolute Gasteiger partial charge is 0.321 e. The molecule has 1 rings (SSSR count). The van der Waals surface area contributed by atoms with Crippen molar-refractivity contribution in [3.63, 3.8) is 0 Å². The molecule has 1 aliphatic rings. The Hall–Kier alpha value is -0.660. The molecule has 1 aliphatic heterocycles. The summed E-state index contributed by atoms with van der Waals surface area (Å²) >= 11 is 0. The second kappa shape index (κ2) is 5.14. The monoisotopic (exact) mass is 279 g/mol. The second-order valence-corrected chi connectivity index (χ2v) is 8.53. The van der Waals surface area contributed by atoms with E-state index in [0.717, 1.165) is 0 Å². The number of aliphatic carboxylic acids is 1. The summed E-state index contributed by atoms with van der Waals surface area (Å²) in [4.78, 5) is 12.5. The summed E-state index contributed by atoms with van der Waals surface area (Å²) in [5.74, 6) is -1.10. The minimum absolute atomic E-state index is 0.0903. The average molecular weight is 279 g/mol. The van der Waals surface area contributed by atoms with Crippen LogP contribution < -0.4 is 0 Å². The number of hydrogen-bond donors (Lipinski definition) is 2. The molecule has 2 N–H and O–H groups in total. The Morgan fingerprint density at radius 3 is 2.39 bits per heavy atom. The number of likely N-dealkylation sites (tertiary alicyclic amines) is 1. The first kappa shape index (κ1) is 15.4. The molecule has 0 spiro atoms. The van der Waals surface area contributed by atoms with Crippen LogP contribution in [-0.2, 0) is 14.6 Å². The van der Waals surface area contributed by atoms with E-state index in [2.05, 4.69) is 0 Å². The van der Waals surface area contributed by atoms with E-state index in [1.807, 2.05) is 0 Å². The highest BCUT2D eigenvalue weighted by atomic mass is 32.2. The van der Waals surface area contributed by atoms with Gasteiger partial charge in [-0.05, 0) is 20.8 Å². The molecule has 0 saturated carbocycles. The lowest BCUT2D eigenvalue weighted by atomic mass is 10.2. The van der Waals surface area contributed by atoms with Gasteiger partial charge in [-0.2, -0.15) is 0 Å². The molecule has 1 saturated heterocycles. The number of sulfone groups is 1. The summed E-state index contributed by atoms with van der Waals surface area (Å²) < 4.78 is 23.0. The molecule has 0 aromatic heterocycles. The van der Waals surface area contributed by atoms with Gasteiger partial charge in [0, 0.05) is 19.5 Å². The number of nitrogens with zero attached hydrogens (tertiary/aromatic N) is 1. The lowest BCUT2D eigenvalue weighted by Crippen LogP contribution is -2.41. The molecule has 2 unspecified atom stereocenters. The van der Waals surface area contributed by atoms with E-state index in [9.17, 15) is 18.3 Å². The van der Waals surface area contributed by atoms with E-state index < -0.39 is 32.7 Å². The van der Waals surface area contributed by atoms with Crippen molar-refractivity contribution in [2.45, 2.75) is 44.1 Å². The van der Waals surface area contributed by atoms with Crippen molar-refractivity contribution in [3.05, 3.63) is 0 Å². The summed E-state index contributed by atoms with van der Waals surface area (Å²) in [6, 6.07) is -0.782. The van der Waals surface area contributed by atoms with Crippen molar-refractivity contribution in [1.29, 1.82) is 0 Å². The molecule has 0 aliphatic carbocycles. The summed E-state index contributed by atoms with van der Waals surface area (Å²) in [6.07, 6.45) is -0.534. The number of hydrogen-bond acceptors (Lipinski definition) is 5. The Kier molecular flexibility index (Phi) is 4.40. The second-order valence-electron chi connectivity index (χ2n) is 5.67. The van der Waals surface area contributed by atoms with E-state index in [1.165, 1.54) is 4.90 Å². The Labute approximate surface area is 108 Å². The van der Waals surface area contributed by atoms with Gasteiger partial charge in [0.25, 0.3) is 0 Å². The van der Waals surface area contributed by atoms with Crippen LogP contribution in [0.15, 0.2) is 0 Å². The lowest BCUT2D eigenvalue weighted by molar-refractivity contribution is -0.142. The molecule has 1 fully saturated rings. The molecule has 0 bridgehead atoms. The van der Waals surface area contributed by atoms with Crippen molar-refractivity contribution >= 4 is 15.8 Å². The van der Waals surface area contributed by atoms with Crippen molar-refractivity contribution in [2.75, 3.05) is 18.8 Å². The van der Waals surface area contributed by atoms with Gasteiger partial charge in [0.05, 0.1) is 16.6 Å². The van der Waals surface area contributed by atoms with E-state index in [0.29, 0.717) is 0 Å². The quantitative estimate of drug-likeness (QED) is 0.735. The Balaban J connectivity index is 2.66. The summed E-state index contributed by atoms with van der Waals surface area (Å²) in [5, 5.41) is 18.4. The van der Waals surface area contributed by atoms with E-state index >= 15 is 0 Å². The van der Waals surface area contributed by atoms with Gasteiger partial charge in [-0.3, -0.25) is 9.69 Å². The van der Waals surface area contributed by atoms with Gasteiger partial charge in [0.2, 0.25) is 0 Å². The summed E-state index contributed by atoms with van der Waals surface area (Å²) in [7, 11) is -3.27. The van der Waals surface area contributed by atoms with Crippen LogP contribution in [0.4, 0.5) is 0 Å². The van der Waals surface area contributed by atoms with Gasteiger partial charge in [0.1, 0.15) is 6.04 Å². The fourth-order valence-corrected chi connectivity index (χ4v) is 3.01. The fourth-order valence-electron chi connectivity index (χ4n) is 1.93. The van der Waals surface area contributed by atoms with Gasteiger partial charge in [0.15, 0.2) is 9.84 Å². The number of carbonyl (C=O) groups is 1. The van der Waals surface area contributed by atoms with Crippen molar-refractivity contribution < 1.29 is 23.4 Å². The zero-order chi connectivity index (χ0) is 14.1. The number of aliphatic hydroxyl groups is 1. The highest BCUT2D eigenvalue weighted by Gasteiger charge is 2.37. The third-order valence-corrected chi connectivity index (χ3v) is 5.83. The molecular weight excluding hydrogens is 258 g/mol. The number of carboxylic acids is 1. The zero-order valence-corrected chi connectivity index (χ0v) is 11.8. The molecule has 106 valence electrons. The SMILES string of the molecule is CC(C)(C)S(=O)(=O)CCN1CC(O)CC1C(=O)O. The predicted molar refractivity (Wildman–Crippen MR) is 67.2 cm³/mol. The molecule has 18 heavy (non-hydrogen) atoms. The Bertz CT molecular complexity index is 412. The van der Waals surface area contributed by atoms with Gasteiger partial charge >= 0.3 is 5.97 Å². The van der Waals surface area contributed by atoms with Crippen LogP contribution in [0.25, 0.3) is 0 Å². The first-order valence-electron chi connectivity index (χ1n) is 5.92. The van der Waals surface area contributed by atoms with Crippen LogP contribution in [0.1, 0.15) is 27.2 Å². The number of β-amino-alcohol motifs (C(OH)–C–C–N with tert-alkyl or cyclic N) is 1. The Morgan fingerprint density at radius 1 is 1.39 bits per heavy atom. The largest absolute Gasteiger partial charge is 0.480 e. The Morgan fingerprint density at radius 2 is 1.94 bits per heavy atom. The maximum atomic E-state index is 11.9. The van der Waals surface area contributed by atoms with Gasteiger partial charge in [-0.1, -0.05) is 0 Å². The van der Waals surface area contributed by atoms with E-state index in [4.69, 9.17) is 5.11 Å². The first-order valence-corrected chi connectivity index (χ1v) is 7.57. The minimum Gasteiger partial charge on any atom is -0.480 e. The van der Waals surface area contributed by atoms with Crippen LogP contribution >= 0.6 is 0 Å². The first-order chi connectivity index (χ1) is 8.04. The standard InChI is InChI=1S/C11H21NO5S/c1-11(2,3)18(16,17)5-4-12-7-8(13)6-9(12)10(14)15/h8-9,13H,4-7H2,1-3H3,(H,14,15). The van der Waals surface area contributed by atoms with Gasteiger partial charge in [-0.25, -0.2) is 8.42 Å². The van der Waals surface area contributed by atoms with E-state index in [-0.39, 0.29) is 25.3 Å². The molecule has 0 aromatic carbocycles. The van der Waals surface area contributed by atoms with Crippen LogP contribution in [0.3, 0.4) is 0 Å². The maximum absolute atomic E-state index is 11.9. The molecule has 0 radical (unpaired) electrons. The van der Waals surface area contributed by atoms with Crippen LogP contribution in [0.2, 0.25) is 0 Å². The highest BCUT2D eigenvalue weighted by Crippen LogP contribution is 2.20. The maximum Gasteiger partial charge on any atom is 0.321 e. The van der Waals surface area contributed by atoms with Crippen molar-refractivity contribution in [2.24, 2.45) is 0 Å². The molecule has 1 heterocycles. The molecule has 0 amide bonds. The molecule has 6 nitrogen and oxygen atoms in total. The molecule has 7 heteroatoms. The van der Waals surface area contributed by atoms with Crippen LogP contribution in [0, 0.1) is 0 Å². The minimum atomic E-state index is -3.27. The zero-order valence-electron chi connectivity index (χ0n) is 11.0. The van der Waals surface area contributed by atoms with Crippen molar-refractivity contribution in [3.8, 4) is 0 Å².